The lowest BCUT2D eigenvalue weighted by atomic mass is 9.85. The molecular weight excluding hydrogens is 628 g/mol. The normalized spacial score (nSPS) is 14.1. The molecule has 248 valence electrons. The van der Waals surface area contributed by atoms with Gasteiger partial charge in [0.05, 0.1) is 37.4 Å². The third-order valence-electron chi connectivity index (χ3n) is 8.61. The number of quaternary nitrogens is 1. The molecule has 48 heavy (non-hydrogen) atoms. The summed E-state index contributed by atoms with van der Waals surface area (Å²) in [6.07, 6.45) is 3.19. The van der Waals surface area contributed by atoms with E-state index in [1.165, 1.54) is 42.3 Å². The number of aromatic nitrogens is 4. The van der Waals surface area contributed by atoms with Gasteiger partial charge < -0.3 is 19.8 Å². The lowest BCUT2D eigenvalue weighted by molar-refractivity contribution is -0.918. The largest absolute Gasteiger partial charge is 0.859 e. The summed E-state index contributed by atoms with van der Waals surface area (Å²) in [5.41, 5.74) is -4.84. The second kappa shape index (κ2) is 13.2. The van der Waals surface area contributed by atoms with Crippen molar-refractivity contribution in [2.75, 3.05) is 20.2 Å². The van der Waals surface area contributed by atoms with Gasteiger partial charge in [0.2, 0.25) is 5.88 Å². The Morgan fingerprint density at radius 1 is 0.812 bits per heavy atom. The minimum absolute atomic E-state index is 0.0215. The molecule has 0 amide bonds. The van der Waals surface area contributed by atoms with E-state index in [1.807, 2.05) is 0 Å². The zero-order valence-corrected chi connectivity index (χ0v) is 25.7. The molecule has 0 saturated carbocycles. The monoisotopic (exact) mass is 659 g/mol. The minimum atomic E-state index is -1.65. The maximum absolute atomic E-state index is 14.2. The van der Waals surface area contributed by atoms with Gasteiger partial charge in [-0.05, 0) is 91.4 Å². The highest BCUT2D eigenvalue weighted by molar-refractivity contribution is 5.53. The van der Waals surface area contributed by atoms with Crippen molar-refractivity contribution < 1.29 is 28.6 Å². The zero-order chi connectivity index (χ0) is 34.1. The SMILES string of the molecule is COc1ccc(C(c2c([O-])n(-c3ccc(F)cc3)c(=O)[nH]c2=O)c2c(O)n(-c3ccc(F)cc3)c(=O)[nH]c2=O)cc1C[NH+]1CCCCC1. The van der Waals surface area contributed by atoms with Gasteiger partial charge in [0.15, 0.2) is 0 Å². The minimum Gasteiger partial charge on any atom is -0.859 e. The topological polar surface area (TPSA) is 167 Å². The van der Waals surface area contributed by atoms with Gasteiger partial charge in [-0.25, -0.2) is 22.9 Å². The second-order valence-electron chi connectivity index (χ2n) is 11.6. The summed E-state index contributed by atoms with van der Waals surface area (Å²) in [5, 5.41) is 25.9. The molecule has 0 spiro atoms. The van der Waals surface area contributed by atoms with E-state index in [-0.39, 0.29) is 16.9 Å². The van der Waals surface area contributed by atoms with Crippen molar-refractivity contribution in [3.05, 3.63) is 142 Å². The van der Waals surface area contributed by atoms with Crippen molar-refractivity contribution in [2.45, 2.75) is 31.7 Å². The van der Waals surface area contributed by atoms with Crippen LogP contribution in [0.15, 0.2) is 85.9 Å². The van der Waals surface area contributed by atoms with Gasteiger partial charge in [0, 0.05) is 16.8 Å². The first-order valence-corrected chi connectivity index (χ1v) is 15.2. The van der Waals surface area contributed by atoms with Crippen LogP contribution < -0.4 is 37.2 Å². The van der Waals surface area contributed by atoms with E-state index < -0.39 is 62.9 Å². The van der Waals surface area contributed by atoms with Crippen LogP contribution in [0, 0.1) is 11.6 Å². The number of hydrogen-bond acceptors (Lipinski definition) is 7. The molecule has 2 aromatic heterocycles. The van der Waals surface area contributed by atoms with Crippen LogP contribution in [0.2, 0.25) is 0 Å². The summed E-state index contributed by atoms with van der Waals surface area (Å²) in [6.45, 7) is 2.33. The number of benzene rings is 3. The molecule has 3 heterocycles. The molecule has 3 aromatic carbocycles. The number of hydrogen-bond donors (Lipinski definition) is 4. The van der Waals surface area contributed by atoms with Crippen LogP contribution in [-0.2, 0) is 6.54 Å². The van der Waals surface area contributed by atoms with Crippen LogP contribution in [0.4, 0.5) is 8.78 Å². The predicted molar refractivity (Wildman–Crippen MR) is 169 cm³/mol. The van der Waals surface area contributed by atoms with Gasteiger partial charge in [-0.15, -0.1) is 0 Å². The summed E-state index contributed by atoms with van der Waals surface area (Å²) in [5.74, 6) is -4.46. The van der Waals surface area contributed by atoms with Crippen molar-refractivity contribution in [1.29, 1.82) is 0 Å². The lowest BCUT2D eigenvalue weighted by Crippen LogP contribution is -3.11. The highest BCUT2D eigenvalue weighted by Gasteiger charge is 2.32. The van der Waals surface area contributed by atoms with E-state index in [1.54, 1.807) is 12.1 Å². The number of halogens is 2. The van der Waals surface area contributed by atoms with Gasteiger partial charge in [0.1, 0.15) is 23.9 Å². The Kier molecular flexibility index (Phi) is 8.82. The maximum atomic E-state index is 14.2. The number of likely N-dealkylation sites (tertiary alicyclic amines) is 1. The fourth-order valence-electron chi connectivity index (χ4n) is 6.33. The quantitative estimate of drug-likeness (QED) is 0.194. The van der Waals surface area contributed by atoms with Crippen molar-refractivity contribution >= 4 is 0 Å². The predicted octanol–water partition coefficient (Wildman–Crippen LogP) is 1.18. The molecule has 1 unspecified atom stereocenters. The first-order chi connectivity index (χ1) is 23.1. The van der Waals surface area contributed by atoms with Crippen molar-refractivity contribution in [2.24, 2.45) is 0 Å². The first kappa shape index (κ1) is 32.2. The Balaban J connectivity index is 1.66. The lowest BCUT2D eigenvalue weighted by Gasteiger charge is -2.28. The standard InChI is InChI=1S/C34H31F2N5O7/c1-48-25-14-5-19(17-20(25)18-39-15-3-2-4-16-39)26(27-29(42)37-33(46)40(31(27)44)23-10-6-21(35)7-11-23)28-30(43)38-34(47)41(32(28)45)24-12-8-22(36)9-13-24/h5-14,17,26,44-45H,2-4,15-16,18H2,1H3,(H,37,42,46)(H,38,43,47). The number of rotatable bonds is 8. The Bertz CT molecular complexity index is 2100. The highest BCUT2D eigenvalue weighted by Crippen LogP contribution is 2.38. The molecule has 14 heteroatoms. The number of aromatic amines is 2. The van der Waals surface area contributed by atoms with Crippen LogP contribution in [0.25, 0.3) is 11.4 Å². The third-order valence-corrected chi connectivity index (χ3v) is 8.61. The van der Waals surface area contributed by atoms with Crippen LogP contribution in [0.3, 0.4) is 0 Å². The Morgan fingerprint density at radius 2 is 1.35 bits per heavy atom. The molecule has 1 saturated heterocycles. The number of piperidine rings is 1. The highest BCUT2D eigenvalue weighted by atomic mass is 19.1. The van der Waals surface area contributed by atoms with E-state index >= 15 is 0 Å². The number of methoxy groups -OCH3 is 1. The van der Waals surface area contributed by atoms with Gasteiger partial charge in [-0.3, -0.25) is 24.1 Å². The molecule has 0 radical (unpaired) electrons. The van der Waals surface area contributed by atoms with Gasteiger partial charge in [-0.2, -0.15) is 0 Å². The molecule has 1 aliphatic rings. The van der Waals surface area contributed by atoms with E-state index in [0.717, 1.165) is 56.6 Å². The van der Waals surface area contributed by atoms with Crippen LogP contribution in [0.1, 0.15) is 47.4 Å². The van der Waals surface area contributed by atoms with Crippen LogP contribution in [-0.4, -0.2) is 44.4 Å². The fraction of sp³-hybridized carbons (Fsp3) is 0.235. The third kappa shape index (κ3) is 6.05. The number of ether oxygens (including phenoxy) is 1. The maximum Gasteiger partial charge on any atom is 0.335 e. The van der Waals surface area contributed by atoms with Gasteiger partial charge in [-0.1, -0.05) is 6.07 Å². The second-order valence-corrected chi connectivity index (χ2v) is 11.6. The van der Waals surface area contributed by atoms with Crippen LogP contribution in [0.5, 0.6) is 17.5 Å². The number of nitrogens with one attached hydrogen (secondary N) is 3. The summed E-state index contributed by atoms with van der Waals surface area (Å²) in [6, 6.07) is 13.6. The fourth-order valence-corrected chi connectivity index (χ4v) is 6.33. The van der Waals surface area contributed by atoms with E-state index in [0.29, 0.717) is 27.0 Å². The molecule has 1 fully saturated rings. The van der Waals surface area contributed by atoms with Crippen molar-refractivity contribution in [1.82, 2.24) is 19.1 Å². The summed E-state index contributed by atoms with van der Waals surface area (Å²) in [4.78, 5) is 58.8. The van der Waals surface area contributed by atoms with E-state index in [9.17, 15) is 38.2 Å². The molecular formula is C34H31F2N5O7. The zero-order valence-electron chi connectivity index (χ0n) is 25.7. The molecule has 0 bridgehead atoms. The van der Waals surface area contributed by atoms with Crippen molar-refractivity contribution in [3.8, 4) is 28.9 Å². The van der Waals surface area contributed by atoms with Crippen molar-refractivity contribution in [3.63, 3.8) is 0 Å². The van der Waals surface area contributed by atoms with Gasteiger partial charge in [0.25, 0.3) is 11.1 Å². The summed E-state index contributed by atoms with van der Waals surface area (Å²) < 4.78 is 34.5. The van der Waals surface area contributed by atoms with Gasteiger partial charge >= 0.3 is 11.4 Å². The first-order valence-electron chi connectivity index (χ1n) is 15.2. The molecule has 1 atom stereocenters. The molecule has 6 rings (SSSR count). The molecule has 1 aliphatic heterocycles. The number of aromatic hydroxyl groups is 1. The van der Waals surface area contributed by atoms with E-state index in [2.05, 4.69) is 9.97 Å². The molecule has 4 N–H and O–H groups in total. The smallest absolute Gasteiger partial charge is 0.335 e. The summed E-state index contributed by atoms with van der Waals surface area (Å²) >= 11 is 0. The van der Waals surface area contributed by atoms with E-state index in [4.69, 9.17) is 4.74 Å². The molecule has 0 aliphatic carbocycles. The Morgan fingerprint density at radius 3 is 1.94 bits per heavy atom. The Labute approximate surface area is 270 Å². The van der Waals surface area contributed by atoms with Crippen LogP contribution >= 0.6 is 0 Å². The molecule has 5 aromatic rings. The Hall–Kier alpha value is -5.76. The number of nitrogens with zero attached hydrogens (tertiary/aromatic N) is 2. The molecule has 12 nitrogen and oxygen atoms in total. The average Bonchev–Trinajstić information content (AvgIpc) is 3.06. The average molecular weight is 660 g/mol. The summed E-state index contributed by atoms with van der Waals surface area (Å²) in [7, 11) is 1.50. The number of H-pyrrole nitrogens is 2.